The maximum Gasteiger partial charge on any atom is 0.179 e. The number of benzene rings is 1. The van der Waals surface area contributed by atoms with Crippen LogP contribution in [0.15, 0.2) is 52.0 Å². The maximum atomic E-state index is 11.8. The summed E-state index contributed by atoms with van der Waals surface area (Å²) in [5.41, 5.74) is 1.17. The van der Waals surface area contributed by atoms with Crippen LogP contribution in [-0.4, -0.2) is 25.7 Å². The van der Waals surface area contributed by atoms with Gasteiger partial charge in [0.15, 0.2) is 9.84 Å². The number of rotatable bonds is 5. The van der Waals surface area contributed by atoms with Gasteiger partial charge < -0.3 is 5.32 Å². The van der Waals surface area contributed by atoms with Crippen LogP contribution >= 0.6 is 15.9 Å². The Balaban J connectivity index is 2.15. The molecule has 0 aliphatic heterocycles. The number of pyridine rings is 1. The fourth-order valence-electron chi connectivity index (χ4n) is 2.10. The van der Waals surface area contributed by atoms with Crippen molar-refractivity contribution in [3.63, 3.8) is 0 Å². The molecule has 0 saturated heterocycles. The number of sulfone groups is 1. The van der Waals surface area contributed by atoms with Crippen LogP contribution in [-0.2, 0) is 16.3 Å². The van der Waals surface area contributed by atoms with Gasteiger partial charge in [-0.15, -0.1) is 0 Å². The van der Waals surface area contributed by atoms with Crippen LogP contribution in [0.25, 0.3) is 0 Å². The minimum atomic E-state index is -3.29. The van der Waals surface area contributed by atoms with Crippen molar-refractivity contribution in [3.8, 4) is 0 Å². The van der Waals surface area contributed by atoms with Gasteiger partial charge in [0.2, 0.25) is 0 Å². The van der Waals surface area contributed by atoms with Gasteiger partial charge in [-0.25, -0.2) is 13.4 Å². The van der Waals surface area contributed by atoms with E-state index in [1.54, 1.807) is 18.3 Å². The predicted molar refractivity (Wildman–Crippen MR) is 88.3 cm³/mol. The van der Waals surface area contributed by atoms with Crippen molar-refractivity contribution in [2.45, 2.75) is 24.3 Å². The molecule has 112 valence electrons. The molecule has 4 nitrogen and oxygen atoms in total. The highest BCUT2D eigenvalue weighted by atomic mass is 79.9. The molecule has 1 N–H and O–H groups in total. The summed E-state index contributed by atoms with van der Waals surface area (Å²) >= 11 is 3.44. The molecule has 0 saturated carbocycles. The normalized spacial score (nSPS) is 12.9. The molecule has 1 heterocycles. The fourth-order valence-corrected chi connectivity index (χ4v) is 3.34. The maximum absolute atomic E-state index is 11.8. The lowest BCUT2D eigenvalue weighted by Crippen LogP contribution is -2.20. The molecule has 0 fully saturated rings. The zero-order valence-corrected chi connectivity index (χ0v) is 14.3. The van der Waals surface area contributed by atoms with Crippen LogP contribution in [0, 0.1) is 0 Å². The van der Waals surface area contributed by atoms with Crippen molar-refractivity contribution >= 4 is 31.6 Å². The van der Waals surface area contributed by atoms with Crippen LogP contribution in [0.2, 0.25) is 0 Å². The molecule has 1 atom stereocenters. The first-order valence-corrected chi connectivity index (χ1v) is 9.21. The van der Waals surface area contributed by atoms with Crippen molar-refractivity contribution in [2.24, 2.45) is 0 Å². The van der Waals surface area contributed by atoms with Crippen LogP contribution in [0.3, 0.4) is 0 Å². The lowest BCUT2D eigenvalue weighted by atomic mass is 10.1. The summed E-state index contributed by atoms with van der Waals surface area (Å²) < 4.78 is 24.5. The van der Waals surface area contributed by atoms with Gasteiger partial charge in [-0.1, -0.05) is 28.1 Å². The molecule has 1 aromatic carbocycles. The topological polar surface area (TPSA) is 59.1 Å². The smallest absolute Gasteiger partial charge is 0.179 e. The van der Waals surface area contributed by atoms with Gasteiger partial charge in [0.05, 0.1) is 0 Å². The lowest BCUT2D eigenvalue weighted by molar-refractivity contribution is 0.601. The van der Waals surface area contributed by atoms with Gasteiger partial charge >= 0.3 is 0 Å². The molecular formula is C15H17BrN2O2S. The average molecular weight is 369 g/mol. The van der Waals surface area contributed by atoms with Crippen molar-refractivity contribution in [1.29, 1.82) is 0 Å². The van der Waals surface area contributed by atoms with Gasteiger partial charge in [-0.2, -0.15) is 0 Å². The largest absolute Gasteiger partial charge is 0.366 e. The first kappa shape index (κ1) is 16.0. The molecule has 0 spiro atoms. The van der Waals surface area contributed by atoms with Gasteiger partial charge in [0.25, 0.3) is 0 Å². The first-order chi connectivity index (χ1) is 9.86. The van der Waals surface area contributed by atoms with E-state index in [-0.39, 0.29) is 10.9 Å². The van der Waals surface area contributed by atoms with Crippen LogP contribution in [0.4, 0.5) is 5.82 Å². The molecule has 0 bridgehead atoms. The standard InChI is InChI=1S/C15H17BrN2O2S/c1-11(9-12-5-3-6-13(16)10-12)18-15-14(21(2,19)20)7-4-8-17-15/h3-8,10-11H,9H2,1-2H3,(H,17,18). The quantitative estimate of drug-likeness (QED) is 0.879. The highest BCUT2D eigenvalue weighted by molar-refractivity contribution is 9.10. The SMILES string of the molecule is CC(Cc1cccc(Br)c1)Nc1ncccc1S(C)(=O)=O. The van der Waals surface area contributed by atoms with Crippen LogP contribution in [0.1, 0.15) is 12.5 Å². The molecule has 21 heavy (non-hydrogen) atoms. The van der Waals surface area contributed by atoms with E-state index in [0.717, 1.165) is 10.9 Å². The lowest BCUT2D eigenvalue weighted by Gasteiger charge is -2.16. The third-order valence-electron chi connectivity index (χ3n) is 2.98. The van der Waals surface area contributed by atoms with E-state index in [4.69, 9.17) is 0 Å². The summed E-state index contributed by atoms with van der Waals surface area (Å²) in [7, 11) is -3.29. The number of nitrogens with zero attached hydrogens (tertiary/aromatic N) is 1. The molecule has 6 heteroatoms. The summed E-state index contributed by atoms with van der Waals surface area (Å²) in [6.07, 6.45) is 3.55. The van der Waals surface area contributed by atoms with Crippen LogP contribution < -0.4 is 5.32 Å². The van der Waals surface area contributed by atoms with Crippen LogP contribution in [0.5, 0.6) is 0 Å². The Morgan fingerprint density at radius 1 is 1.29 bits per heavy atom. The van der Waals surface area contributed by atoms with Crippen molar-refractivity contribution in [3.05, 3.63) is 52.6 Å². The summed E-state index contributed by atoms with van der Waals surface area (Å²) in [5, 5.41) is 3.18. The van der Waals surface area contributed by atoms with E-state index < -0.39 is 9.84 Å². The Morgan fingerprint density at radius 2 is 2.05 bits per heavy atom. The van der Waals surface area contributed by atoms with Crippen molar-refractivity contribution < 1.29 is 8.42 Å². The summed E-state index contributed by atoms with van der Waals surface area (Å²) in [5.74, 6) is 0.405. The number of anilines is 1. The van der Waals surface area contributed by atoms with E-state index in [1.807, 2.05) is 31.2 Å². The summed E-state index contributed by atoms with van der Waals surface area (Å²) in [4.78, 5) is 4.37. The van der Waals surface area contributed by atoms with E-state index in [0.29, 0.717) is 5.82 Å². The molecule has 1 unspecified atom stereocenters. The molecular weight excluding hydrogens is 352 g/mol. The Hall–Kier alpha value is -1.40. The highest BCUT2D eigenvalue weighted by Gasteiger charge is 2.15. The number of aromatic nitrogens is 1. The Labute approximate surface area is 133 Å². The molecule has 2 aromatic rings. The number of nitrogens with one attached hydrogen (secondary N) is 1. The minimum absolute atomic E-state index is 0.0645. The van der Waals surface area contributed by atoms with Gasteiger partial charge in [-0.3, -0.25) is 0 Å². The molecule has 0 amide bonds. The Kier molecular flexibility index (Phi) is 5.00. The van der Waals surface area contributed by atoms with Gasteiger partial charge in [-0.05, 0) is 43.2 Å². The number of halogens is 1. The fraction of sp³-hybridized carbons (Fsp3) is 0.267. The summed E-state index contributed by atoms with van der Waals surface area (Å²) in [6.45, 7) is 2.00. The Bertz CT molecular complexity index is 732. The first-order valence-electron chi connectivity index (χ1n) is 6.52. The monoisotopic (exact) mass is 368 g/mol. The minimum Gasteiger partial charge on any atom is -0.366 e. The zero-order valence-electron chi connectivity index (χ0n) is 11.9. The Morgan fingerprint density at radius 3 is 2.71 bits per heavy atom. The van der Waals surface area contributed by atoms with Crippen molar-refractivity contribution in [1.82, 2.24) is 4.98 Å². The average Bonchev–Trinajstić information content (AvgIpc) is 2.37. The second-order valence-electron chi connectivity index (χ2n) is 5.00. The number of hydrogen-bond acceptors (Lipinski definition) is 4. The highest BCUT2D eigenvalue weighted by Crippen LogP contribution is 2.20. The molecule has 2 rings (SSSR count). The third-order valence-corrected chi connectivity index (χ3v) is 4.61. The van der Waals surface area contributed by atoms with Gasteiger partial charge in [0.1, 0.15) is 10.7 Å². The molecule has 0 aliphatic rings. The number of hydrogen-bond donors (Lipinski definition) is 1. The van der Waals surface area contributed by atoms with E-state index in [2.05, 4.69) is 26.2 Å². The van der Waals surface area contributed by atoms with Gasteiger partial charge in [0, 0.05) is 23.0 Å². The molecule has 0 radical (unpaired) electrons. The second-order valence-corrected chi connectivity index (χ2v) is 7.90. The second kappa shape index (κ2) is 6.58. The summed E-state index contributed by atoms with van der Waals surface area (Å²) in [6, 6.07) is 11.3. The van der Waals surface area contributed by atoms with Crippen molar-refractivity contribution in [2.75, 3.05) is 11.6 Å². The van der Waals surface area contributed by atoms with E-state index in [1.165, 1.54) is 11.8 Å². The predicted octanol–water partition coefficient (Wildman–Crippen LogP) is 3.29. The van der Waals surface area contributed by atoms with E-state index >= 15 is 0 Å². The zero-order chi connectivity index (χ0) is 15.5. The third kappa shape index (κ3) is 4.54. The van der Waals surface area contributed by atoms with E-state index in [9.17, 15) is 8.42 Å². The molecule has 1 aromatic heterocycles. The molecule has 0 aliphatic carbocycles.